The SMILES string of the molecule is CCc1cccc(CC)c1NC(=O)CSc1nnnn1-c1ccccc1OC. The minimum atomic E-state index is -0.0878. The molecule has 0 unspecified atom stereocenters. The van der Waals surface area contributed by atoms with Gasteiger partial charge in [-0.25, -0.2) is 0 Å². The number of benzene rings is 2. The van der Waals surface area contributed by atoms with Gasteiger partial charge in [0.2, 0.25) is 11.1 Å². The van der Waals surface area contributed by atoms with Gasteiger partial charge in [-0.3, -0.25) is 4.79 Å². The van der Waals surface area contributed by atoms with Crippen molar-refractivity contribution in [2.45, 2.75) is 31.8 Å². The second-order valence-electron chi connectivity index (χ2n) is 6.04. The van der Waals surface area contributed by atoms with Crippen LogP contribution >= 0.6 is 11.8 Å². The number of rotatable bonds is 8. The third kappa shape index (κ3) is 4.33. The molecule has 1 amide bonds. The molecule has 0 aliphatic heterocycles. The molecule has 0 radical (unpaired) electrons. The van der Waals surface area contributed by atoms with E-state index in [1.807, 2.05) is 42.5 Å². The second-order valence-corrected chi connectivity index (χ2v) is 6.98. The highest BCUT2D eigenvalue weighted by atomic mass is 32.2. The number of carbonyl (C=O) groups is 1. The smallest absolute Gasteiger partial charge is 0.234 e. The van der Waals surface area contributed by atoms with Gasteiger partial charge in [-0.1, -0.05) is 55.9 Å². The molecule has 0 spiro atoms. The molecular weight excluding hydrogens is 374 g/mol. The third-order valence-corrected chi connectivity index (χ3v) is 5.27. The molecule has 8 heteroatoms. The van der Waals surface area contributed by atoms with Crippen LogP contribution in [0, 0.1) is 0 Å². The van der Waals surface area contributed by atoms with Crippen molar-refractivity contribution in [2.75, 3.05) is 18.2 Å². The Morgan fingerprint density at radius 2 is 1.82 bits per heavy atom. The van der Waals surface area contributed by atoms with Gasteiger partial charge in [0.1, 0.15) is 11.4 Å². The van der Waals surface area contributed by atoms with E-state index < -0.39 is 0 Å². The summed E-state index contributed by atoms with van der Waals surface area (Å²) in [5.74, 6) is 0.775. The lowest BCUT2D eigenvalue weighted by molar-refractivity contribution is -0.113. The first-order valence-electron chi connectivity index (χ1n) is 9.13. The van der Waals surface area contributed by atoms with Crippen molar-refractivity contribution in [1.29, 1.82) is 0 Å². The first-order chi connectivity index (χ1) is 13.7. The van der Waals surface area contributed by atoms with Crippen LogP contribution in [0.3, 0.4) is 0 Å². The van der Waals surface area contributed by atoms with Crippen molar-refractivity contribution in [3.8, 4) is 11.4 Å². The van der Waals surface area contributed by atoms with Crippen molar-refractivity contribution in [3.63, 3.8) is 0 Å². The van der Waals surface area contributed by atoms with E-state index in [9.17, 15) is 4.79 Å². The number of hydrogen-bond acceptors (Lipinski definition) is 6. The van der Waals surface area contributed by atoms with Gasteiger partial charge in [-0.2, -0.15) is 4.68 Å². The second kappa shape index (κ2) is 9.36. The summed E-state index contributed by atoms with van der Waals surface area (Å²) >= 11 is 1.28. The summed E-state index contributed by atoms with van der Waals surface area (Å²) in [7, 11) is 1.60. The summed E-state index contributed by atoms with van der Waals surface area (Å²) in [4.78, 5) is 12.6. The van der Waals surface area contributed by atoms with E-state index in [2.05, 4.69) is 34.7 Å². The summed E-state index contributed by atoms with van der Waals surface area (Å²) in [5, 5.41) is 15.4. The molecule has 3 rings (SSSR count). The van der Waals surface area contributed by atoms with E-state index in [-0.39, 0.29) is 11.7 Å². The average molecular weight is 398 g/mol. The number of aryl methyl sites for hydroxylation is 2. The van der Waals surface area contributed by atoms with Crippen LogP contribution in [0.15, 0.2) is 47.6 Å². The summed E-state index contributed by atoms with van der Waals surface area (Å²) in [6, 6.07) is 13.6. The summed E-state index contributed by atoms with van der Waals surface area (Å²) < 4.78 is 6.95. The fourth-order valence-corrected chi connectivity index (χ4v) is 3.62. The Morgan fingerprint density at radius 3 is 2.50 bits per heavy atom. The maximum atomic E-state index is 12.6. The highest BCUT2D eigenvalue weighted by Gasteiger charge is 2.16. The van der Waals surface area contributed by atoms with E-state index in [0.717, 1.165) is 35.3 Å². The molecule has 1 aromatic heterocycles. The van der Waals surface area contributed by atoms with Crippen molar-refractivity contribution in [1.82, 2.24) is 20.2 Å². The first-order valence-corrected chi connectivity index (χ1v) is 10.1. The molecule has 28 heavy (non-hydrogen) atoms. The fourth-order valence-electron chi connectivity index (χ4n) is 2.93. The van der Waals surface area contributed by atoms with E-state index in [1.54, 1.807) is 11.8 Å². The number of methoxy groups -OCH3 is 1. The number of tetrazole rings is 1. The van der Waals surface area contributed by atoms with Crippen molar-refractivity contribution in [2.24, 2.45) is 0 Å². The minimum Gasteiger partial charge on any atom is -0.494 e. The lowest BCUT2D eigenvalue weighted by atomic mass is 10.0. The number of para-hydroxylation sites is 3. The molecule has 0 saturated heterocycles. The molecule has 0 aliphatic carbocycles. The van der Waals surface area contributed by atoms with Crippen LogP contribution < -0.4 is 10.1 Å². The number of amides is 1. The number of ether oxygens (including phenoxy) is 1. The molecule has 3 aromatic rings. The Labute approximate surface area is 168 Å². The number of nitrogens with zero attached hydrogens (tertiary/aromatic N) is 4. The number of hydrogen-bond donors (Lipinski definition) is 1. The van der Waals surface area contributed by atoms with E-state index >= 15 is 0 Å². The molecule has 0 fully saturated rings. The predicted molar refractivity (Wildman–Crippen MR) is 110 cm³/mol. The molecule has 1 heterocycles. The summed E-state index contributed by atoms with van der Waals surface area (Å²) in [6.07, 6.45) is 1.73. The van der Waals surface area contributed by atoms with E-state index in [1.165, 1.54) is 11.8 Å². The molecule has 0 saturated carbocycles. The monoisotopic (exact) mass is 397 g/mol. The zero-order valence-electron chi connectivity index (χ0n) is 16.2. The maximum absolute atomic E-state index is 12.6. The van der Waals surface area contributed by atoms with Gasteiger partial charge < -0.3 is 10.1 Å². The zero-order chi connectivity index (χ0) is 19.9. The normalized spacial score (nSPS) is 10.7. The van der Waals surface area contributed by atoms with Gasteiger partial charge in [0.05, 0.1) is 12.9 Å². The number of aromatic nitrogens is 4. The molecule has 146 valence electrons. The summed E-state index contributed by atoms with van der Waals surface area (Å²) in [5.41, 5.74) is 3.91. The Kier molecular flexibility index (Phi) is 6.65. The van der Waals surface area contributed by atoms with Crippen LogP contribution in [0.5, 0.6) is 5.75 Å². The standard InChI is InChI=1S/C20H23N5O2S/c1-4-14-9-8-10-15(5-2)19(14)21-18(26)13-28-20-22-23-24-25(20)16-11-6-7-12-17(16)27-3/h6-12H,4-5,13H2,1-3H3,(H,21,26). The topological polar surface area (TPSA) is 81.9 Å². The molecule has 7 nitrogen and oxygen atoms in total. The third-order valence-electron chi connectivity index (χ3n) is 4.35. The van der Waals surface area contributed by atoms with Gasteiger partial charge in [0, 0.05) is 5.69 Å². The van der Waals surface area contributed by atoms with E-state index in [4.69, 9.17) is 4.74 Å². The number of thioether (sulfide) groups is 1. The molecule has 1 N–H and O–H groups in total. The molecule has 0 bridgehead atoms. The Hall–Kier alpha value is -2.87. The number of anilines is 1. The predicted octanol–water partition coefficient (Wildman–Crippen LogP) is 3.53. The van der Waals surface area contributed by atoms with Crippen molar-refractivity contribution in [3.05, 3.63) is 53.6 Å². The highest BCUT2D eigenvalue weighted by Crippen LogP contribution is 2.26. The minimum absolute atomic E-state index is 0.0878. The van der Waals surface area contributed by atoms with Gasteiger partial charge in [0.15, 0.2) is 0 Å². The van der Waals surface area contributed by atoms with Crippen LogP contribution in [0.2, 0.25) is 0 Å². The van der Waals surface area contributed by atoms with E-state index in [0.29, 0.717) is 10.9 Å². The molecule has 0 atom stereocenters. The van der Waals surface area contributed by atoms with Crippen LogP contribution in [0.25, 0.3) is 5.69 Å². The average Bonchev–Trinajstić information content (AvgIpc) is 3.20. The highest BCUT2D eigenvalue weighted by molar-refractivity contribution is 7.99. The van der Waals surface area contributed by atoms with Gasteiger partial charge >= 0.3 is 0 Å². The largest absolute Gasteiger partial charge is 0.494 e. The summed E-state index contributed by atoms with van der Waals surface area (Å²) in [6.45, 7) is 4.17. The maximum Gasteiger partial charge on any atom is 0.234 e. The van der Waals surface area contributed by atoms with Gasteiger partial charge in [-0.05, 0) is 46.5 Å². The van der Waals surface area contributed by atoms with Crippen LogP contribution in [0.4, 0.5) is 5.69 Å². The Bertz CT molecular complexity index is 935. The Balaban J connectivity index is 1.73. The first kappa shape index (κ1) is 19.9. The van der Waals surface area contributed by atoms with Crippen LogP contribution in [-0.4, -0.2) is 39.0 Å². The molecule has 0 aliphatic rings. The molecular formula is C20H23N5O2S. The molecule has 2 aromatic carbocycles. The fraction of sp³-hybridized carbons (Fsp3) is 0.300. The number of carbonyl (C=O) groups excluding carboxylic acids is 1. The lowest BCUT2D eigenvalue weighted by Gasteiger charge is -2.14. The Morgan fingerprint density at radius 1 is 1.11 bits per heavy atom. The van der Waals surface area contributed by atoms with Crippen molar-refractivity contribution < 1.29 is 9.53 Å². The van der Waals surface area contributed by atoms with Crippen LogP contribution in [-0.2, 0) is 17.6 Å². The lowest BCUT2D eigenvalue weighted by Crippen LogP contribution is -2.17. The van der Waals surface area contributed by atoms with Crippen molar-refractivity contribution >= 4 is 23.4 Å². The zero-order valence-corrected chi connectivity index (χ0v) is 17.0. The van der Waals surface area contributed by atoms with Gasteiger partial charge in [0.25, 0.3) is 0 Å². The quantitative estimate of drug-likeness (QED) is 0.586. The van der Waals surface area contributed by atoms with Crippen LogP contribution in [0.1, 0.15) is 25.0 Å². The van der Waals surface area contributed by atoms with Gasteiger partial charge in [-0.15, -0.1) is 5.10 Å². The number of nitrogens with one attached hydrogen (secondary N) is 1.